The van der Waals surface area contributed by atoms with Crippen molar-refractivity contribution in [3.05, 3.63) is 132 Å². The lowest BCUT2D eigenvalue weighted by Crippen LogP contribution is -2.28. The van der Waals surface area contributed by atoms with E-state index in [4.69, 9.17) is 5.73 Å². The highest BCUT2D eigenvalue weighted by molar-refractivity contribution is 6.07. The molecule has 6 rings (SSSR count). The summed E-state index contributed by atoms with van der Waals surface area (Å²) in [7, 11) is 0. The van der Waals surface area contributed by atoms with E-state index in [9.17, 15) is 4.79 Å². The fourth-order valence-electron chi connectivity index (χ4n) is 9.40. The van der Waals surface area contributed by atoms with Gasteiger partial charge in [-0.15, -0.1) is 0 Å². The van der Waals surface area contributed by atoms with Crippen molar-refractivity contribution in [3.63, 3.8) is 0 Å². The van der Waals surface area contributed by atoms with E-state index in [0.29, 0.717) is 0 Å². The molecule has 0 aromatic heterocycles. The molecule has 0 bridgehead atoms. The number of amides is 1. The van der Waals surface area contributed by atoms with Crippen molar-refractivity contribution < 1.29 is 9.37 Å². The Labute approximate surface area is 380 Å². The molecule has 338 valence electrons. The van der Waals surface area contributed by atoms with Gasteiger partial charge in [-0.25, -0.2) is 0 Å². The van der Waals surface area contributed by atoms with E-state index < -0.39 is 0 Å². The molecular weight excluding hydrogens is 773 g/mol. The number of nitrogens with two attached hydrogens (primary N) is 1. The van der Waals surface area contributed by atoms with Gasteiger partial charge in [0.05, 0.1) is 5.41 Å². The Balaban J connectivity index is 0.000000399. The van der Waals surface area contributed by atoms with Gasteiger partial charge in [0.2, 0.25) is 12.1 Å². The largest absolute Gasteiger partial charge is 0.359 e. The van der Waals surface area contributed by atoms with Crippen LogP contribution in [0.15, 0.2) is 121 Å². The molecule has 4 aromatic carbocycles. The summed E-state index contributed by atoms with van der Waals surface area (Å²) < 4.78 is 2.59. The lowest BCUT2D eigenvalue weighted by atomic mass is 9.79. The van der Waals surface area contributed by atoms with Crippen molar-refractivity contribution in [2.75, 3.05) is 57.3 Å². The number of unbranched alkanes of at least 4 members (excludes halogenated alkanes) is 5. The van der Waals surface area contributed by atoms with Gasteiger partial charge in [-0.05, 0) is 130 Å². The first-order valence-electron chi connectivity index (χ1n) is 24.2. The predicted molar refractivity (Wildman–Crippen MR) is 273 cm³/mol. The second-order valence-electron chi connectivity index (χ2n) is 18.2. The first-order chi connectivity index (χ1) is 30.7. The topological polar surface area (TPSA) is 85.4 Å². The van der Waals surface area contributed by atoms with Crippen LogP contribution in [0, 0.1) is 0 Å². The number of carbonyl (C=O) groups excluding carboxylic acids is 1. The Hall–Kier alpha value is -4.82. The van der Waals surface area contributed by atoms with Crippen molar-refractivity contribution in [3.8, 4) is 0 Å². The fourth-order valence-corrected chi connectivity index (χ4v) is 9.40. The van der Waals surface area contributed by atoms with Gasteiger partial charge in [0.1, 0.15) is 6.54 Å². The average Bonchev–Trinajstić information content (AvgIpc) is 3.65. The second-order valence-corrected chi connectivity index (χ2v) is 18.2. The maximum Gasteiger partial charge on any atom is 0.210 e. The van der Waals surface area contributed by atoms with E-state index in [-0.39, 0.29) is 10.8 Å². The molecule has 0 atom stereocenters. The standard InChI is InChI=1S/C45H53N2.C11H26N4O/c1-7-9-11-21-33-47-39-31-29-35-23-18-20-25-37(35)43(39)45(5,6)41(47)27-16-14-12-13-15-26-40-44(3,4)42-36-24-19-17-22-34(36)28-30-38(42)46(40)32-10-8-2;12-5-3-8-13-6-1-2-7-14-9-4-10-15-11-16/h12-20,22-31H,7-11,21,32-33H2,1-6H3;11,13-14H,1-10,12H2,(H,15,16)/q+1;. The molecule has 5 N–H and O–H groups in total. The Morgan fingerprint density at radius 3 is 1.92 bits per heavy atom. The number of benzene rings is 4. The molecular formula is C56H79N6O+. The average molecular weight is 852 g/mol. The second kappa shape index (κ2) is 25.5. The number of hydrogen-bond donors (Lipinski definition) is 4. The van der Waals surface area contributed by atoms with Crippen LogP contribution in [0.3, 0.4) is 0 Å². The minimum Gasteiger partial charge on any atom is -0.359 e. The molecule has 0 spiro atoms. The van der Waals surface area contributed by atoms with Crippen molar-refractivity contribution in [1.29, 1.82) is 0 Å². The molecule has 7 nitrogen and oxygen atoms in total. The first-order valence-corrected chi connectivity index (χ1v) is 24.2. The van der Waals surface area contributed by atoms with Crippen molar-refractivity contribution >= 4 is 45.0 Å². The van der Waals surface area contributed by atoms with Crippen molar-refractivity contribution in [1.82, 2.24) is 16.0 Å². The lowest BCUT2D eigenvalue weighted by molar-refractivity contribution is -0.438. The SMILES string of the molecule is CCCCCC[N+]1=C(/C=C/C=C/C=C/C=C2\N(CCCC)c3ccc4ccccc4c3C2(C)C)C(C)(C)c2c1ccc1ccccc21.NCCCNCCCCNCCCNC=O. The number of hydrogen-bond acceptors (Lipinski definition) is 5. The Kier molecular flexibility index (Phi) is 19.9. The van der Waals surface area contributed by atoms with Crippen LogP contribution in [0.5, 0.6) is 0 Å². The number of carbonyl (C=O) groups is 1. The number of anilines is 1. The summed E-state index contributed by atoms with van der Waals surface area (Å²) in [5, 5.41) is 14.7. The van der Waals surface area contributed by atoms with Crippen molar-refractivity contribution in [2.45, 2.75) is 117 Å². The van der Waals surface area contributed by atoms with E-state index in [1.54, 1.807) is 0 Å². The van der Waals surface area contributed by atoms with Crippen LogP contribution in [0.1, 0.15) is 117 Å². The smallest absolute Gasteiger partial charge is 0.210 e. The summed E-state index contributed by atoms with van der Waals surface area (Å²) in [6.07, 6.45) is 28.3. The molecule has 2 heterocycles. The van der Waals surface area contributed by atoms with Gasteiger partial charge in [-0.2, -0.15) is 4.58 Å². The molecule has 0 radical (unpaired) electrons. The van der Waals surface area contributed by atoms with Crippen LogP contribution >= 0.6 is 0 Å². The van der Waals surface area contributed by atoms with Gasteiger partial charge in [-0.1, -0.05) is 132 Å². The van der Waals surface area contributed by atoms with Crippen LogP contribution in [-0.4, -0.2) is 69.1 Å². The number of nitrogens with one attached hydrogen (secondary N) is 3. The summed E-state index contributed by atoms with van der Waals surface area (Å²) in [6.45, 7) is 21.9. The zero-order valence-electron chi connectivity index (χ0n) is 39.7. The van der Waals surface area contributed by atoms with E-state index >= 15 is 0 Å². The minimum atomic E-state index is -0.0687. The molecule has 1 amide bonds. The highest BCUT2D eigenvalue weighted by Gasteiger charge is 2.45. The molecule has 0 aliphatic carbocycles. The highest BCUT2D eigenvalue weighted by Crippen LogP contribution is 2.51. The summed E-state index contributed by atoms with van der Waals surface area (Å²) >= 11 is 0. The number of rotatable bonds is 25. The number of nitrogens with zero attached hydrogens (tertiary/aromatic N) is 2. The maximum atomic E-state index is 9.94. The lowest BCUT2D eigenvalue weighted by Gasteiger charge is -2.27. The van der Waals surface area contributed by atoms with Gasteiger partial charge in [0.25, 0.3) is 0 Å². The van der Waals surface area contributed by atoms with Crippen molar-refractivity contribution in [2.24, 2.45) is 5.73 Å². The van der Waals surface area contributed by atoms with Crippen LogP contribution in [0.2, 0.25) is 0 Å². The van der Waals surface area contributed by atoms with E-state index in [1.165, 1.54) is 107 Å². The predicted octanol–water partition coefficient (Wildman–Crippen LogP) is 11.5. The minimum absolute atomic E-state index is 0.0671. The number of fused-ring (bicyclic) bond motifs is 6. The highest BCUT2D eigenvalue weighted by atomic mass is 16.1. The monoisotopic (exact) mass is 852 g/mol. The van der Waals surface area contributed by atoms with Crippen LogP contribution in [0.25, 0.3) is 21.5 Å². The van der Waals surface area contributed by atoms with Crippen LogP contribution in [0.4, 0.5) is 11.4 Å². The van der Waals surface area contributed by atoms with E-state index in [1.807, 2.05) is 0 Å². The number of allylic oxidation sites excluding steroid dienone is 8. The van der Waals surface area contributed by atoms with Crippen LogP contribution < -0.4 is 26.6 Å². The van der Waals surface area contributed by atoms with Crippen LogP contribution in [-0.2, 0) is 15.6 Å². The summed E-state index contributed by atoms with van der Waals surface area (Å²) in [5.74, 6) is 0. The summed E-state index contributed by atoms with van der Waals surface area (Å²) in [5.41, 5.74) is 13.7. The first kappa shape index (κ1) is 49.2. The molecule has 2 aliphatic rings. The third kappa shape index (κ3) is 12.9. The van der Waals surface area contributed by atoms with Gasteiger partial charge in [-0.3, -0.25) is 4.79 Å². The molecule has 4 aromatic rings. The third-order valence-corrected chi connectivity index (χ3v) is 12.7. The van der Waals surface area contributed by atoms with Gasteiger partial charge >= 0.3 is 0 Å². The molecule has 2 aliphatic heterocycles. The van der Waals surface area contributed by atoms with Gasteiger partial charge in [0.15, 0.2) is 5.71 Å². The Morgan fingerprint density at radius 2 is 1.24 bits per heavy atom. The van der Waals surface area contributed by atoms with Gasteiger partial charge < -0.3 is 26.6 Å². The third-order valence-electron chi connectivity index (χ3n) is 12.7. The molecule has 0 saturated heterocycles. The molecule has 7 heteroatoms. The van der Waals surface area contributed by atoms with E-state index in [0.717, 1.165) is 71.6 Å². The fraction of sp³-hybridized carbons (Fsp3) is 0.464. The zero-order valence-corrected chi connectivity index (χ0v) is 39.7. The Morgan fingerprint density at radius 1 is 0.619 bits per heavy atom. The molecule has 0 saturated carbocycles. The quantitative estimate of drug-likeness (QED) is 0.0231. The maximum absolute atomic E-state index is 9.94. The van der Waals surface area contributed by atoms with Gasteiger partial charge in [0, 0.05) is 54.0 Å². The van der Waals surface area contributed by atoms with E-state index in [2.05, 4.69) is 182 Å². The normalized spacial score (nSPS) is 15.9. The summed E-state index contributed by atoms with van der Waals surface area (Å²) in [6, 6.07) is 27.0. The molecule has 0 unspecified atom stereocenters. The zero-order chi connectivity index (χ0) is 44.9. The molecule has 0 fully saturated rings. The summed E-state index contributed by atoms with van der Waals surface area (Å²) in [4.78, 5) is 12.5. The molecule has 63 heavy (non-hydrogen) atoms. The Bertz CT molecular complexity index is 2210.